The molecule has 0 fully saturated rings. The Morgan fingerprint density at radius 1 is 1.30 bits per heavy atom. The van der Waals surface area contributed by atoms with Crippen LogP contribution in [-0.2, 0) is 4.79 Å². The number of anilines is 2. The van der Waals surface area contributed by atoms with E-state index in [0.29, 0.717) is 31.6 Å². The molecule has 1 amide bonds. The Morgan fingerprint density at radius 3 is 2.60 bits per heavy atom. The zero-order chi connectivity index (χ0) is 14.8. The Morgan fingerprint density at radius 2 is 2.00 bits per heavy atom. The molecule has 2 rings (SSSR count). The summed E-state index contributed by atoms with van der Waals surface area (Å²) in [5.41, 5.74) is 12.0. The Kier molecular flexibility index (Phi) is 4.18. The zero-order valence-electron chi connectivity index (χ0n) is 12.2. The van der Waals surface area contributed by atoms with E-state index in [4.69, 9.17) is 16.2 Å². The predicted octanol–water partition coefficient (Wildman–Crippen LogP) is 1.90. The normalized spacial score (nSPS) is 16.8. The predicted molar refractivity (Wildman–Crippen MR) is 80.8 cm³/mol. The highest BCUT2D eigenvalue weighted by Gasteiger charge is 2.45. The number of amides is 1. The average molecular weight is 277 g/mol. The van der Waals surface area contributed by atoms with Gasteiger partial charge in [0.1, 0.15) is 5.75 Å². The molecule has 1 aromatic carbocycles. The minimum Gasteiger partial charge on any atom is -0.475 e. The van der Waals surface area contributed by atoms with Crippen LogP contribution < -0.4 is 21.1 Å². The maximum absolute atomic E-state index is 12.8. The summed E-state index contributed by atoms with van der Waals surface area (Å²) in [7, 11) is 0. The summed E-state index contributed by atoms with van der Waals surface area (Å²) < 4.78 is 6.02. The Balaban J connectivity index is 2.47. The summed E-state index contributed by atoms with van der Waals surface area (Å²) in [4.78, 5) is 14.6. The van der Waals surface area contributed by atoms with E-state index in [1.54, 1.807) is 17.0 Å². The van der Waals surface area contributed by atoms with Gasteiger partial charge in [-0.25, -0.2) is 0 Å². The van der Waals surface area contributed by atoms with Gasteiger partial charge in [0.05, 0.1) is 5.69 Å². The van der Waals surface area contributed by atoms with Crippen LogP contribution in [0.2, 0.25) is 0 Å². The number of carbonyl (C=O) groups excluding carboxylic acids is 1. The van der Waals surface area contributed by atoms with E-state index in [1.807, 2.05) is 19.9 Å². The first-order valence-corrected chi connectivity index (χ1v) is 7.18. The average Bonchev–Trinajstić information content (AvgIpc) is 2.46. The maximum Gasteiger partial charge on any atom is 0.271 e. The monoisotopic (exact) mass is 277 g/mol. The van der Waals surface area contributed by atoms with Gasteiger partial charge in [-0.15, -0.1) is 0 Å². The third kappa shape index (κ3) is 2.33. The minimum absolute atomic E-state index is 0.00838. The molecule has 0 saturated carbocycles. The number of rotatable bonds is 5. The lowest BCUT2D eigenvalue weighted by Gasteiger charge is -2.42. The highest BCUT2D eigenvalue weighted by atomic mass is 16.5. The summed E-state index contributed by atoms with van der Waals surface area (Å²) in [6, 6.07) is 5.43. The molecule has 1 aliphatic heterocycles. The molecule has 20 heavy (non-hydrogen) atoms. The van der Waals surface area contributed by atoms with E-state index in [9.17, 15) is 4.79 Å². The molecule has 0 atom stereocenters. The summed E-state index contributed by atoms with van der Waals surface area (Å²) in [6.45, 7) is 5.10. The fraction of sp³-hybridized carbons (Fsp3) is 0.533. The van der Waals surface area contributed by atoms with Gasteiger partial charge in [0, 0.05) is 12.2 Å². The van der Waals surface area contributed by atoms with Crippen molar-refractivity contribution < 1.29 is 9.53 Å². The molecule has 1 aromatic rings. The van der Waals surface area contributed by atoms with Gasteiger partial charge in [0.2, 0.25) is 0 Å². The van der Waals surface area contributed by atoms with Crippen LogP contribution in [0.1, 0.15) is 33.1 Å². The van der Waals surface area contributed by atoms with Gasteiger partial charge in [-0.1, -0.05) is 13.8 Å². The van der Waals surface area contributed by atoms with Crippen LogP contribution in [0.15, 0.2) is 18.2 Å². The summed E-state index contributed by atoms with van der Waals surface area (Å²) >= 11 is 0. The molecule has 1 aliphatic rings. The maximum atomic E-state index is 12.8. The summed E-state index contributed by atoms with van der Waals surface area (Å²) in [5, 5.41) is 0. The second kappa shape index (κ2) is 5.71. The number of benzene rings is 1. The Labute approximate surface area is 119 Å². The SMILES string of the molecule is CCC1(CC)Oc2ccc(N)cc2N(CCCN)C1=O. The van der Waals surface area contributed by atoms with E-state index >= 15 is 0 Å². The lowest BCUT2D eigenvalue weighted by Crippen LogP contribution is -2.56. The molecule has 0 unspecified atom stereocenters. The number of nitrogens with zero attached hydrogens (tertiary/aromatic N) is 1. The first-order chi connectivity index (χ1) is 9.57. The molecule has 110 valence electrons. The number of hydrogen-bond donors (Lipinski definition) is 2. The van der Waals surface area contributed by atoms with E-state index < -0.39 is 5.60 Å². The molecule has 0 saturated heterocycles. The van der Waals surface area contributed by atoms with Crippen molar-refractivity contribution in [3.05, 3.63) is 18.2 Å². The molecular weight excluding hydrogens is 254 g/mol. The van der Waals surface area contributed by atoms with Gasteiger partial charge in [-0.3, -0.25) is 4.79 Å². The van der Waals surface area contributed by atoms with Crippen LogP contribution in [0.4, 0.5) is 11.4 Å². The molecule has 5 heteroatoms. The lowest BCUT2D eigenvalue weighted by molar-refractivity contribution is -0.136. The van der Waals surface area contributed by atoms with E-state index in [1.165, 1.54) is 0 Å². The zero-order valence-corrected chi connectivity index (χ0v) is 12.2. The van der Waals surface area contributed by atoms with Crippen molar-refractivity contribution in [3.8, 4) is 5.75 Å². The van der Waals surface area contributed by atoms with Crippen molar-refractivity contribution >= 4 is 17.3 Å². The Hall–Kier alpha value is -1.75. The number of nitrogens with two attached hydrogens (primary N) is 2. The third-order valence-corrected chi connectivity index (χ3v) is 3.94. The van der Waals surface area contributed by atoms with Gasteiger partial charge < -0.3 is 21.1 Å². The van der Waals surface area contributed by atoms with Crippen LogP contribution in [-0.4, -0.2) is 24.6 Å². The lowest BCUT2D eigenvalue weighted by atomic mass is 9.92. The van der Waals surface area contributed by atoms with Crippen LogP contribution in [0.5, 0.6) is 5.75 Å². The topological polar surface area (TPSA) is 81.6 Å². The quantitative estimate of drug-likeness (QED) is 0.805. The first kappa shape index (κ1) is 14.7. The van der Waals surface area contributed by atoms with Crippen molar-refractivity contribution in [2.24, 2.45) is 5.73 Å². The van der Waals surface area contributed by atoms with Crippen LogP contribution in [0.25, 0.3) is 0 Å². The molecule has 5 nitrogen and oxygen atoms in total. The molecule has 0 bridgehead atoms. The fourth-order valence-electron chi connectivity index (χ4n) is 2.61. The smallest absolute Gasteiger partial charge is 0.271 e. The molecular formula is C15H23N3O2. The molecule has 0 aliphatic carbocycles. The summed E-state index contributed by atoms with van der Waals surface area (Å²) in [5.74, 6) is 0.730. The van der Waals surface area contributed by atoms with Crippen LogP contribution in [0.3, 0.4) is 0 Å². The van der Waals surface area contributed by atoms with Gasteiger partial charge in [0.15, 0.2) is 5.60 Å². The van der Waals surface area contributed by atoms with Crippen molar-refractivity contribution in [1.29, 1.82) is 0 Å². The number of hydrogen-bond acceptors (Lipinski definition) is 4. The highest BCUT2D eigenvalue weighted by molar-refractivity contribution is 6.03. The van der Waals surface area contributed by atoms with Gasteiger partial charge >= 0.3 is 0 Å². The molecule has 0 radical (unpaired) electrons. The van der Waals surface area contributed by atoms with Gasteiger partial charge in [-0.05, 0) is 44.0 Å². The fourth-order valence-corrected chi connectivity index (χ4v) is 2.61. The summed E-state index contributed by atoms with van der Waals surface area (Å²) in [6.07, 6.45) is 2.04. The first-order valence-electron chi connectivity index (χ1n) is 7.18. The van der Waals surface area contributed by atoms with E-state index in [2.05, 4.69) is 0 Å². The van der Waals surface area contributed by atoms with Crippen molar-refractivity contribution in [1.82, 2.24) is 0 Å². The van der Waals surface area contributed by atoms with E-state index in [-0.39, 0.29) is 5.91 Å². The van der Waals surface area contributed by atoms with Crippen LogP contribution >= 0.6 is 0 Å². The molecule has 0 aromatic heterocycles. The van der Waals surface area contributed by atoms with Crippen molar-refractivity contribution in [2.75, 3.05) is 23.7 Å². The largest absolute Gasteiger partial charge is 0.475 e. The molecule has 4 N–H and O–H groups in total. The standard InChI is InChI=1S/C15H23N3O2/c1-3-15(4-2)14(19)18(9-5-8-16)12-10-11(17)6-7-13(12)20-15/h6-7,10H,3-5,8-9,16-17H2,1-2H3. The van der Waals surface area contributed by atoms with E-state index in [0.717, 1.165) is 17.9 Å². The number of fused-ring (bicyclic) bond motifs is 1. The number of carbonyl (C=O) groups is 1. The minimum atomic E-state index is -0.766. The second-order valence-electron chi connectivity index (χ2n) is 5.13. The number of nitrogen functional groups attached to an aromatic ring is 1. The van der Waals surface area contributed by atoms with Crippen molar-refractivity contribution in [3.63, 3.8) is 0 Å². The molecule has 1 heterocycles. The molecule has 0 spiro atoms. The third-order valence-electron chi connectivity index (χ3n) is 3.94. The van der Waals surface area contributed by atoms with Crippen LogP contribution in [0, 0.1) is 0 Å². The number of ether oxygens (including phenoxy) is 1. The highest BCUT2D eigenvalue weighted by Crippen LogP contribution is 2.41. The second-order valence-corrected chi connectivity index (χ2v) is 5.13. The van der Waals surface area contributed by atoms with Gasteiger partial charge in [-0.2, -0.15) is 0 Å². The van der Waals surface area contributed by atoms with Gasteiger partial charge in [0.25, 0.3) is 5.91 Å². The Bertz CT molecular complexity index is 498. The van der Waals surface area contributed by atoms with Crippen molar-refractivity contribution in [2.45, 2.75) is 38.7 Å².